The standard InChI is InChI=1S/C32H23ClFN3O4/c33-23-12-8-20(9-13-23)32(39)36-28-7-2-1-6-26(28)35-27-17-22(19-10-14-24(34)15-11-19)18-29(38)30(27)31(36)21-4-3-5-25(16-21)37(40)41/h1-16,22,31,35H,17-18H2/t22-,31-/m1/s1. The van der Waals surface area contributed by atoms with Crippen LogP contribution < -0.4 is 10.2 Å². The summed E-state index contributed by atoms with van der Waals surface area (Å²) >= 11 is 6.09. The van der Waals surface area contributed by atoms with Crippen molar-refractivity contribution in [2.45, 2.75) is 24.8 Å². The van der Waals surface area contributed by atoms with Crippen LogP contribution in [0.25, 0.3) is 0 Å². The minimum atomic E-state index is -0.953. The van der Waals surface area contributed by atoms with Crippen molar-refractivity contribution in [2.24, 2.45) is 0 Å². The Balaban J connectivity index is 1.57. The summed E-state index contributed by atoms with van der Waals surface area (Å²) in [5, 5.41) is 15.6. The van der Waals surface area contributed by atoms with Crippen LogP contribution in [0.5, 0.6) is 0 Å². The summed E-state index contributed by atoms with van der Waals surface area (Å²) in [6.45, 7) is 0. The van der Waals surface area contributed by atoms with Crippen molar-refractivity contribution in [3.63, 3.8) is 0 Å². The second-order valence-corrected chi connectivity index (χ2v) is 10.5. The molecule has 2 aliphatic rings. The van der Waals surface area contributed by atoms with Gasteiger partial charge in [0.1, 0.15) is 5.82 Å². The summed E-state index contributed by atoms with van der Waals surface area (Å²) in [5.74, 6) is -1.17. The van der Waals surface area contributed by atoms with Crippen LogP contribution in [0.2, 0.25) is 5.02 Å². The Hall–Kier alpha value is -4.82. The third-order valence-electron chi connectivity index (χ3n) is 7.54. The second-order valence-electron chi connectivity index (χ2n) is 10.1. The molecule has 2 atom stereocenters. The van der Waals surface area contributed by atoms with Gasteiger partial charge in [-0.05, 0) is 72.0 Å². The van der Waals surface area contributed by atoms with Crippen LogP contribution in [0.4, 0.5) is 21.5 Å². The average Bonchev–Trinajstić information content (AvgIpc) is 3.12. The molecule has 0 aromatic heterocycles. The van der Waals surface area contributed by atoms with Crippen LogP contribution in [0.3, 0.4) is 0 Å². The van der Waals surface area contributed by atoms with Crippen LogP contribution in [0.1, 0.15) is 46.3 Å². The first-order chi connectivity index (χ1) is 19.8. The van der Waals surface area contributed by atoms with Crippen molar-refractivity contribution < 1.29 is 18.9 Å². The highest BCUT2D eigenvalue weighted by Crippen LogP contribution is 2.48. The minimum Gasteiger partial charge on any atom is -0.357 e. The number of non-ortho nitro benzene ring substituents is 1. The first-order valence-corrected chi connectivity index (χ1v) is 13.4. The van der Waals surface area contributed by atoms with E-state index < -0.39 is 16.9 Å². The molecule has 1 aliphatic heterocycles. The van der Waals surface area contributed by atoms with Crippen molar-refractivity contribution in [3.8, 4) is 0 Å². The number of nitro benzene ring substituents is 1. The number of rotatable bonds is 4. The number of nitro groups is 1. The Kier molecular flexibility index (Phi) is 6.85. The van der Waals surface area contributed by atoms with Crippen LogP contribution >= 0.6 is 11.6 Å². The van der Waals surface area contributed by atoms with E-state index in [0.29, 0.717) is 45.2 Å². The predicted molar refractivity (Wildman–Crippen MR) is 155 cm³/mol. The molecular formula is C32H23ClFN3O4. The number of benzene rings is 4. The number of nitrogens with one attached hydrogen (secondary N) is 1. The molecule has 4 aromatic rings. The van der Waals surface area contributed by atoms with Gasteiger partial charge in [0.25, 0.3) is 11.6 Å². The Labute approximate surface area is 240 Å². The summed E-state index contributed by atoms with van der Waals surface area (Å²) < 4.78 is 13.6. The molecule has 1 aliphatic carbocycles. The summed E-state index contributed by atoms with van der Waals surface area (Å²) in [6, 6.07) is 24.8. The molecule has 1 heterocycles. The fourth-order valence-electron chi connectivity index (χ4n) is 5.64. The fourth-order valence-corrected chi connectivity index (χ4v) is 5.77. The number of Topliss-reactive ketones (excluding diaryl/α,β-unsaturated/α-hetero) is 1. The van der Waals surface area contributed by atoms with Gasteiger partial charge in [0.15, 0.2) is 5.78 Å². The maximum Gasteiger partial charge on any atom is 0.269 e. The Bertz CT molecular complexity index is 1720. The largest absolute Gasteiger partial charge is 0.357 e. The summed E-state index contributed by atoms with van der Waals surface area (Å²) in [7, 11) is 0. The van der Waals surface area contributed by atoms with Crippen molar-refractivity contribution in [3.05, 3.63) is 146 Å². The number of hydrogen-bond acceptors (Lipinski definition) is 5. The molecule has 1 N–H and O–H groups in total. The van der Waals surface area contributed by atoms with Crippen LogP contribution in [-0.4, -0.2) is 16.6 Å². The summed E-state index contributed by atoms with van der Waals surface area (Å²) in [6.07, 6.45) is 0.562. The zero-order valence-corrected chi connectivity index (χ0v) is 22.3. The van der Waals surface area contributed by atoms with Gasteiger partial charge in [0, 0.05) is 40.4 Å². The molecule has 0 spiro atoms. The third-order valence-corrected chi connectivity index (χ3v) is 7.79. The third kappa shape index (κ3) is 4.98. The van der Waals surface area contributed by atoms with E-state index in [4.69, 9.17) is 11.6 Å². The van der Waals surface area contributed by atoms with Gasteiger partial charge in [0.2, 0.25) is 0 Å². The van der Waals surface area contributed by atoms with Gasteiger partial charge >= 0.3 is 0 Å². The lowest BCUT2D eigenvalue weighted by molar-refractivity contribution is -0.384. The Morgan fingerprint density at radius 1 is 0.927 bits per heavy atom. The number of allylic oxidation sites excluding steroid dienone is 1. The van der Waals surface area contributed by atoms with Gasteiger partial charge in [-0.3, -0.25) is 24.6 Å². The molecule has 0 radical (unpaired) electrons. The van der Waals surface area contributed by atoms with Crippen LogP contribution in [0.15, 0.2) is 108 Å². The first kappa shape index (κ1) is 26.4. The van der Waals surface area contributed by atoms with Gasteiger partial charge in [-0.1, -0.05) is 48.0 Å². The fraction of sp³-hybridized carbons (Fsp3) is 0.125. The molecule has 0 saturated heterocycles. The Morgan fingerprint density at radius 3 is 2.39 bits per heavy atom. The van der Waals surface area contributed by atoms with E-state index in [1.165, 1.54) is 29.2 Å². The number of amides is 1. The summed E-state index contributed by atoms with van der Waals surface area (Å²) in [5.41, 5.74) is 3.56. The van der Waals surface area contributed by atoms with E-state index in [-0.39, 0.29) is 29.6 Å². The van der Waals surface area contributed by atoms with E-state index in [1.807, 2.05) is 12.1 Å². The van der Waals surface area contributed by atoms with Gasteiger partial charge in [0.05, 0.1) is 22.3 Å². The number of carbonyl (C=O) groups excluding carboxylic acids is 2. The van der Waals surface area contributed by atoms with Crippen molar-refractivity contribution >= 4 is 40.4 Å². The molecule has 204 valence electrons. The number of nitrogens with zero attached hydrogens (tertiary/aromatic N) is 2. The van der Waals surface area contributed by atoms with Crippen LogP contribution in [0, 0.1) is 15.9 Å². The number of ketones is 1. The van der Waals surface area contributed by atoms with Gasteiger partial charge in [-0.15, -0.1) is 0 Å². The number of hydrogen-bond donors (Lipinski definition) is 1. The smallest absolute Gasteiger partial charge is 0.269 e. The Morgan fingerprint density at radius 2 is 1.66 bits per heavy atom. The lowest BCUT2D eigenvalue weighted by atomic mass is 9.78. The van der Waals surface area contributed by atoms with Crippen molar-refractivity contribution in [1.29, 1.82) is 0 Å². The van der Waals surface area contributed by atoms with Crippen molar-refractivity contribution in [2.75, 3.05) is 10.2 Å². The molecule has 0 bridgehead atoms. The molecule has 4 aromatic carbocycles. The number of fused-ring (bicyclic) bond motifs is 1. The number of para-hydroxylation sites is 2. The van der Waals surface area contributed by atoms with Crippen LogP contribution in [-0.2, 0) is 4.79 Å². The molecule has 1 amide bonds. The van der Waals surface area contributed by atoms with Gasteiger partial charge in [-0.2, -0.15) is 0 Å². The quantitative estimate of drug-likeness (QED) is 0.202. The van der Waals surface area contributed by atoms with Gasteiger partial charge < -0.3 is 5.32 Å². The molecule has 0 saturated carbocycles. The SMILES string of the molecule is O=C1C[C@H](c2ccc(F)cc2)CC2=C1[C@@H](c1cccc([N+](=O)[O-])c1)N(C(=O)c1ccc(Cl)cc1)c1ccccc1N2. The topological polar surface area (TPSA) is 92.5 Å². The highest BCUT2D eigenvalue weighted by Gasteiger charge is 2.42. The monoisotopic (exact) mass is 567 g/mol. The van der Waals surface area contributed by atoms with E-state index in [1.54, 1.807) is 60.7 Å². The highest BCUT2D eigenvalue weighted by molar-refractivity contribution is 6.30. The molecule has 41 heavy (non-hydrogen) atoms. The lowest BCUT2D eigenvalue weighted by Crippen LogP contribution is -2.38. The highest BCUT2D eigenvalue weighted by atomic mass is 35.5. The van der Waals surface area contributed by atoms with Crippen molar-refractivity contribution in [1.82, 2.24) is 0 Å². The molecule has 6 rings (SSSR count). The minimum absolute atomic E-state index is 0.136. The molecule has 7 nitrogen and oxygen atoms in total. The van der Waals surface area contributed by atoms with E-state index >= 15 is 0 Å². The maximum atomic E-state index is 14.3. The number of carbonyl (C=O) groups is 2. The molecule has 0 fully saturated rings. The van der Waals surface area contributed by atoms with E-state index in [2.05, 4.69) is 5.32 Å². The predicted octanol–water partition coefficient (Wildman–Crippen LogP) is 7.60. The van der Waals surface area contributed by atoms with Gasteiger partial charge in [-0.25, -0.2) is 4.39 Å². The summed E-state index contributed by atoms with van der Waals surface area (Å²) in [4.78, 5) is 41.1. The molecule has 0 unspecified atom stereocenters. The van der Waals surface area contributed by atoms with E-state index in [0.717, 1.165) is 5.56 Å². The number of halogens is 2. The molecule has 9 heteroatoms. The number of anilines is 2. The zero-order chi connectivity index (χ0) is 28.7. The molecular weight excluding hydrogens is 545 g/mol. The zero-order valence-electron chi connectivity index (χ0n) is 21.6. The first-order valence-electron chi connectivity index (χ1n) is 13.0. The van der Waals surface area contributed by atoms with E-state index in [9.17, 15) is 24.1 Å². The second kappa shape index (κ2) is 10.6. The average molecular weight is 568 g/mol. The maximum absolute atomic E-state index is 14.3. The lowest BCUT2D eigenvalue weighted by Gasteiger charge is -2.35. The normalized spacial score (nSPS) is 18.2.